The summed E-state index contributed by atoms with van der Waals surface area (Å²) >= 11 is 0. The van der Waals surface area contributed by atoms with Crippen molar-refractivity contribution in [1.29, 1.82) is 0 Å². The van der Waals surface area contributed by atoms with E-state index < -0.39 is 122 Å². The van der Waals surface area contributed by atoms with Crippen LogP contribution in [0.2, 0.25) is 0 Å². The first kappa shape index (κ1) is 3.40. The van der Waals surface area contributed by atoms with Crippen molar-refractivity contribution in [3.05, 3.63) is 60.0 Å². The number of hydrogen-bond acceptors (Lipinski definition) is 1. The fraction of sp³-hybridized carbons (Fsp3) is 0.333. The van der Waals surface area contributed by atoms with E-state index in [9.17, 15) is 0 Å². The van der Waals surface area contributed by atoms with Crippen LogP contribution in [0.5, 0.6) is 0 Å². The van der Waals surface area contributed by atoms with Crippen molar-refractivity contribution in [3.63, 3.8) is 0 Å². The lowest BCUT2D eigenvalue weighted by molar-refractivity contribution is 0.365. The smallest absolute Gasteiger partial charge is 0.0717 e. The standard InChI is InChI=1S/C21H25N/c1-21(2,3)15-8-5-9-16-22(4)17-19-13-10-12-18-11-6-7-14-20(18)19/h5-7,9-14H,16-17H2,1-4H3/b9-5+/i1D3,2D3,3D3,4D3,5D,6D,7D,9D,10D,11D,12D,13D,14D,16D2,17D2. The molecule has 2 aromatic rings. The van der Waals surface area contributed by atoms with Crippen LogP contribution in [-0.4, -0.2) is 18.4 Å². The molecule has 0 N–H and O–H groups in total. The molecule has 0 saturated carbocycles. The summed E-state index contributed by atoms with van der Waals surface area (Å²) in [6.45, 7) is -23.6. The first-order valence-corrected chi connectivity index (χ1v) is 5.67. The Hall–Kier alpha value is -2.04. The second-order valence-electron chi connectivity index (χ2n) is 3.81. The molecule has 0 unspecified atom stereocenters. The third-order valence-electron chi connectivity index (χ3n) is 2.08. The molecule has 0 bridgehead atoms. The second kappa shape index (κ2) is 7.29. The van der Waals surface area contributed by atoms with Crippen LogP contribution in [0.25, 0.3) is 10.8 Å². The summed E-state index contributed by atoms with van der Waals surface area (Å²) in [7, 11) is 0. The fourth-order valence-corrected chi connectivity index (χ4v) is 1.28. The largest absolute Gasteiger partial charge is 0.298 e. The van der Waals surface area contributed by atoms with Gasteiger partial charge in [0.05, 0.1) is 12.3 Å². The van der Waals surface area contributed by atoms with Gasteiger partial charge < -0.3 is 0 Å². The third-order valence-corrected chi connectivity index (χ3v) is 2.08. The van der Waals surface area contributed by atoms with Gasteiger partial charge in [-0.15, -0.1) is 0 Å². The molecular weight excluding hydrogens is 266 g/mol. The molecule has 2 rings (SSSR count). The predicted octanol–water partition coefficient (Wildman–Crippen LogP) is 4.88. The van der Waals surface area contributed by atoms with Crippen molar-refractivity contribution < 1.29 is 34.3 Å². The molecule has 0 saturated heterocycles. The van der Waals surface area contributed by atoms with Crippen LogP contribution in [0.15, 0.2) is 54.4 Å². The number of benzene rings is 2. The van der Waals surface area contributed by atoms with Crippen LogP contribution in [0.4, 0.5) is 0 Å². The number of rotatable bonds is 4. The molecule has 0 atom stereocenters. The van der Waals surface area contributed by atoms with Crippen molar-refractivity contribution in [2.75, 3.05) is 13.5 Å². The van der Waals surface area contributed by atoms with Gasteiger partial charge in [0.2, 0.25) is 0 Å². The Balaban J connectivity index is 3.11. The molecular formula is C21H25N. The zero-order chi connectivity index (χ0) is 37.4. The van der Waals surface area contributed by atoms with E-state index in [1.807, 2.05) is 0 Å². The topological polar surface area (TPSA) is 3.24 Å². The molecule has 114 valence electrons. The van der Waals surface area contributed by atoms with Gasteiger partial charge in [-0.1, -0.05) is 60.2 Å². The Morgan fingerprint density at radius 2 is 2.09 bits per heavy atom. The molecule has 0 spiro atoms. The minimum atomic E-state index is -4.05. The zero-order valence-corrected chi connectivity index (χ0v) is 10.9. The normalized spacial score (nSPS) is 32.9. The molecule has 2 aromatic carbocycles. The van der Waals surface area contributed by atoms with E-state index in [1.54, 1.807) is 0 Å². The Morgan fingerprint density at radius 1 is 1.27 bits per heavy atom. The Bertz CT molecular complexity index is 1630. The summed E-state index contributed by atoms with van der Waals surface area (Å²) in [5.41, 5.74) is -5.17. The summed E-state index contributed by atoms with van der Waals surface area (Å²) in [6, 6.07) is -10.9. The lowest BCUT2D eigenvalue weighted by Gasteiger charge is -2.15. The quantitative estimate of drug-likeness (QED) is 0.727. The van der Waals surface area contributed by atoms with E-state index in [0.717, 1.165) is 0 Å². The first-order valence-electron chi connectivity index (χ1n) is 18.2. The molecule has 22 heavy (non-hydrogen) atoms. The van der Waals surface area contributed by atoms with Crippen molar-refractivity contribution in [2.45, 2.75) is 27.1 Å². The lowest BCUT2D eigenvalue weighted by Crippen LogP contribution is -2.17. The molecule has 0 radical (unpaired) electrons. The van der Waals surface area contributed by atoms with Crippen LogP contribution in [0.3, 0.4) is 0 Å². The van der Waals surface area contributed by atoms with Gasteiger partial charge in [0.15, 0.2) is 0 Å². The van der Waals surface area contributed by atoms with Gasteiger partial charge in [-0.05, 0) is 49.9 Å². The van der Waals surface area contributed by atoms with Crippen molar-refractivity contribution in [3.8, 4) is 11.8 Å². The van der Waals surface area contributed by atoms with Gasteiger partial charge in [-0.2, -0.15) is 0 Å². The molecule has 0 aliphatic carbocycles. The summed E-state index contributed by atoms with van der Waals surface area (Å²) in [6.07, 6.45) is 0. The molecule has 0 amide bonds. The molecule has 0 aliphatic rings. The number of nitrogens with zero attached hydrogens (tertiary/aromatic N) is 1. The maximum absolute atomic E-state index is 8.75. The highest BCUT2D eigenvalue weighted by Crippen LogP contribution is 2.19. The molecule has 0 heterocycles. The van der Waals surface area contributed by atoms with E-state index in [0.29, 0.717) is 0 Å². The fourth-order valence-electron chi connectivity index (χ4n) is 1.28. The first-order chi connectivity index (χ1) is 20.7. The van der Waals surface area contributed by atoms with Gasteiger partial charge in [0.25, 0.3) is 0 Å². The Labute approximate surface area is 169 Å². The van der Waals surface area contributed by atoms with Crippen molar-refractivity contribution >= 4 is 10.8 Å². The van der Waals surface area contributed by atoms with E-state index in [4.69, 9.17) is 34.3 Å². The maximum Gasteiger partial charge on any atom is 0.0717 e. The predicted molar refractivity (Wildman–Crippen MR) is 96.7 cm³/mol. The summed E-state index contributed by atoms with van der Waals surface area (Å²) in [5, 5.41) is -1.78. The van der Waals surface area contributed by atoms with E-state index >= 15 is 0 Å². The Kier molecular flexibility index (Phi) is 1.13. The van der Waals surface area contributed by atoms with Gasteiger partial charge in [0, 0.05) is 40.3 Å². The highest BCUT2D eigenvalue weighted by Gasteiger charge is 2.03. The van der Waals surface area contributed by atoms with Gasteiger partial charge >= 0.3 is 0 Å². The number of likely N-dealkylation sites (N-methyl/N-ethyl adjacent to an activating group) is 1. The lowest BCUT2D eigenvalue weighted by atomic mass is 9.98. The summed E-state index contributed by atoms with van der Waals surface area (Å²) in [5.74, 6) is 2.94. The molecule has 1 heteroatoms. The van der Waals surface area contributed by atoms with E-state index in [1.165, 1.54) is 11.8 Å². The van der Waals surface area contributed by atoms with Crippen LogP contribution in [-0.2, 0) is 6.50 Å². The number of allylic oxidation sites excluding steroid dienone is 1. The van der Waals surface area contributed by atoms with Crippen LogP contribution >= 0.6 is 0 Å². The summed E-state index contributed by atoms with van der Waals surface area (Å²) < 4.78 is 200. The van der Waals surface area contributed by atoms with Crippen molar-refractivity contribution in [2.24, 2.45) is 5.41 Å². The van der Waals surface area contributed by atoms with Crippen molar-refractivity contribution in [1.82, 2.24) is 4.90 Å². The van der Waals surface area contributed by atoms with Gasteiger partial charge in [0.1, 0.15) is 0 Å². The van der Waals surface area contributed by atoms with Crippen LogP contribution in [0.1, 0.15) is 60.4 Å². The number of hydrogen-bond donors (Lipinski definition) is 0. The molecule has 0 aliphatic heterocycles. The monoisotopic (exact) mass is 316 g/mol. The Morgan fingerprint density at radius 3 is 2.91 bits per heavy atom. The minimum Gasteiger partial charge on any atom is -0.298 e. The average molecular weight is 317 g/mol. The van der Waals surface area contributed by atoms with Crippen LogP contribution in [0, 0.1) is 17.3 Å². The average Bonchev–Trinajstić information content (AvgIpc) is 2.84. The SMILES string of the molecule is [2H]/C(C#CC(C([2H])([2H])[2H])(C([2H])([2H])[2H])C([2H])([2H])[2H])=C(/[2H])C([2H])([2H])N(C([2H])([2H])[2H])C([2H])([2H])c1c([2H])c([2H])c([2H])c2c([2H])c([2H])c([2H])c([2H])c12. The minimum absolute atomic E-state index is 0.701. The maximum atomic E-state index is 8.75. The highest BCUT2D eigenvalue weighted by atomic mass is 15.1. The van der Waals surface area contributed by atoms with Gasteiger partial charge in [-0.25, -0.2) is 0 Å². The van der Waals surface area contributed by atoms with Gasteiger partial charge in [-0.3, -0.25) is 4.90 Å². The van der Waals surface area contributed by atoms with E-state index in [2.05, 4.69) is 0 Å². The second-order valence-corrected chi connectivity index (χ2v) is 3.81. The molecule has 0 fully saturated rings. The van der Waals surface area contributed by atoms with E-state index in [-0.39, 0.29) is 0 Å². The molecule has 1 nitrogen and oxygen atoms in total. The summed E-state index contributed by atoms with van der Waals surface area (Å²) in [4.78, 5) is -0.701. The molecule has 0 aromatic heterocycles. The third kappa shape index (κ3) is 5.06. The number of fused-ring (bicyclic) bond motifs is 1. The zero-order valence-electron chi connectivity index (χ0n) is 35.9. The highest BCUT2D eigenvalue weighted by molar-refractivity contribution is 5.85. The van der Waals surface area contributed by atoms with Crippen LogP contribution < -0.4 is 0 Å².